The topological polar surface area (TPSA) is 87.7 Å². The van der Waals surface area contributed by atoms with Crippen molar-refractivity contribution in [2.75, 3.05) is 6.54 Å². The first-order chi connectivity index (χ1) is 14.2. The third-order valence-corrected chi connectivity index (χ3v) is 6.64. The first kappa shape index (κ1) is 20.8. The highest BCUT2D eigenvalue weighted by Crippen LogP contribution is 2.55. The minimum atomic E-state index is -1.13. The van der Waals surface area contributed by atoms with Crippen molar-refractivity contribution in [2.24, 2.45) is 11.8 Å². The molecule has 2 saturated heterocycles. The molecule has 0 aromatic carbocycles. The van der Waals surface area contributed by atoms with E-state index < -0.39 is 35.1 Å². The van der Waals surface area contributed by atoms with Crippen molar-refractivity contribution < 1.29 is 19.1 Å². The van der Waals surface area contributed by atoms with E-state index in [0.717, 1.165) is 4.88 Å². The van der Waals surface area contributed by atoms with Gasteiger partial charge in [0.15, 0.2) is 0 Å². The Labute approximate surface area is 180 Å². The SMILES string of the molecule is C=CCN1C(=O)[C@H]2[C@@H](C(=O)NCc3cccs3)[C@H]3C=C[C@@]2(O3)[C@H]1C(=O)NC(C)(C)C. The van der Waals surface area contributed by atoms with Crippen LogP contribution in [0.25, 0.3) is 0 Å². The van der Waals surface area contributed by atoms with E-state index in [0.29, 0.717) is 6.54 Å². The third-order valence-electron chi connectivity index (χ3n) is 5.77. The summed E-state index contributed by atoms with van der Waals surface area (Å²) in [4.78, 5) is 42.2. The molecule has 2 fully saturated rings. The van der Waals surface area contributed by atoms with Crippen LogP contribution >= 0.6 is 11.3 Å². The van der Waals surface area contributed by atoms with Crippen LogP contribution in [0.1, 0.15) is 25.6 Å². The van der Waals surface area contributed by atoms with Crippen LogP contribution in [0, 0.1) is 11.8 Å². The summed E-state index contributed by atoms with van der Waals surface area (Å²) in [5.41, 5.74) is -1.60. The Morgan fingerprint density at radius 3 is 2.77 bits per heavy atom. The fraction of sp³-hybridized carbons (Fsp3) is 0.500. The zero-order chi connectivity index (χ0) is 21.7. The zero-order valence-electron chi connectivity index (χ0n) is 17.4. The first-order valence-corrected chi connectivity index (χ1v) is 11.0. The molecule has 1 aromatic rings. The van der Waals surface area contributed by atoms with Gasteiger partial charge in [-0.2, -0.15) is 0 Å². The van der Waals surface area contributed by atoms with Crippen molar-refractivity contribution in [3.63, 3.8) is 0 Å². The van der Waals surface area contributed by atoms with Gasteiger partial charge in [0.2, 0.25) is 17.7 Å². The summed E-state index contributed by atoms with van der Waals surface area (Å²) >= 11 is 1.56. The fourth-order valence-electron chi connectivity index (χ4n) is 4.75. The van der Waals surface area contributed by atoms with Gasteiger partial charge < -0.3 is 20.3 Å². The number of ether oxygens (including phenoxy) is 1. The minimum absolute atomic E-state index is 0.213. The van der Waals surface area contributed by atoms with E-state index in [9.17, 15) is 14.4 Å². The Bertz CT molecular complexity index is 904. The summed E-state index contributed by atoms with van der Waals surface area (Å²) in [6.07, 6.45) is 4.69. The molecule has 3 aliphatic rings. The fourth-order valence-corrected chi connectivity index (χ4v) is 5.39. The van der Waals surface area contributed by atoms with E-state index in [1.807, 2.05) is 44.4 Å². The van der Waals surface area contributed by atoms with Crippen molar-refractivity contribution in [1.82, 2.24) is 15.5 Å². The van der Waals surface area contributed by atoms with E-state index >= 15 is 0 Å². The number of hydrogen-bond donors (Lipinski definition) is 2. The molecular weight excluding hydrogens is 402 g/mol. The van der Waals surface area contributed by atoms with Gasteiger partial charge in [-0.3, -0.25) is 14.4 Å². The van der Waals surface area contributed by atoms with Gasteiger partial charge in [-0.25, -0.2) is 0 Å². The van der Waals surface area contributed by atoms with Crippen molar-refractivity contribution in [3.8, 4) is 0 Å². The van der Waals surface area contributed by atoms with E-state index in [2.05, 4.69) is 17.2 Å². The molecule has 2 bridgehead atoms. The van der Waals surface area contributed by atoms with Gasteiger partial charge in [-0.1, -0.05) is 24.3 Å². The number of fused-ring (bicyclic) bond motifs is 1. The molecule has 3 aliphatic heterocycles. The Kier molecular flexibility index (Phi) is 5.10. The Hall–Kier alpha value is -2.45. The number of rotatable bonds is 6. The van der Waals surface area contributed by atoms with E-state index in [-0.39, 0.29) is 24.3 Å². The maximum atomic E-state index is 13.4. The summed E-state index contributed by atoms with van der Waals surface area (Å²) < 4.78 is 6.22. The third kappa shape index (κ3) is 3.28. The van der Waals surface area contributed by atoms with Gasteiger partial charge in [0, 0.05) is 17.0 Å². The highest BCUT2D eigenvalue weighted by atomic mass is 32.1. The van der Waals surface area contributed by atoms with Crippen molar-refractivity contribution >= 4 is 29.1 Å². The predicted molar refractivity (Wildman–Crippen MR) is 113 cm³/mol. The maximum absolute atomic E-state index is 13.4. The normalized spacial score (nSPS) is 31.7. The number of carbonyl (C=O) groups excluding carboxylic acids is 3. The lowest BCUT2D eigenvalue weighted by Crippen LogP contribution is -2.57. The summed E-state index contributed by atoms with van der Waals surface area (Å²) in [6, 6.07) is 3.03. The average molecular weight is 430 g/mol. The van der Waals surface area contributed by atoms with Crippen LogP contribution in [-0.2, 0) is 25.7 Å². The standard InChI is InChI=1S/C22H27N3O4S/c1-5-10-25-17(19(27)24-21(2,3)4)22-9-8-14(29-22)15(16(22)20(25)28)18(26)23-12-13-7-6-11-30-13/h5-9,11,14-17H,1,10,12H2,2-4H3,(H,23,26)(H,24,27)/t14-,15+,16-,17-,22+/m1/s1. The second-order valence-corrected chi connectivity index (χ2v) is 10.0. The number of nitrogens with one attached hydrogen (secondary N) is 2. The van der Waals surface area contributed by atoms with Crippen molar-refractivity contribution in [3.05, 3.63) is 47.2 Å². The molecule has 4 rings (SSSR count). The second kappa shape index (κ2) is 7.35. The lowest BCUT2D eigenvalue weighted by atomic mass is 9.74. The smallest absolute Gasteiger partial charge is 0.246 e. The quantitative estimate of drug-likeness (QED) is 0.673. The molecule has 0 aliphatic carbocycles. The molecule has 5 atom stereocenters. The largest absolute Gasteiger partial charge is 0.359 e. The van der Waals surface area contributed by atoms with Gasteiger partial charge in [0.25, 0.3) is 0 Å². The highest BCUT2D eigenvalue weighted by molar-refractivity contribution is 7.09. The summed E-state index contributed by atoms with van der Waals surface area (Å²) in [7, 11) is 0. The molecule has 0 radical (unpaired) electrons. The van der Waals surface area contributed by atoms with Crippen LogP contribution in [0.2, 0.25) is 0 Å². The summed E-state index contributed by atoms with van der Waals surface area (Å²) in [5, 5.41) is 7.86. The molecule has 7 nitrogen and oxygen atoms in total. The Balaban J connectivity index is 1.63. The molecule has 8 heteroatoms. The van der Waals surface area contributed by atoms with Gasteiger partial charge >= 0.3 is 0 Å². The molecule has 1 spiro atoms. The van der Waals surface area contributed by atoms with E-state index in [1.165, 1.54) is 4.90 Å². The second-order valence-electron chi connectivity index (χ2n) is 9.02. The zero-order valence-corrected chi connectivity index (χ0v) is 18.2. The van der Waals surface area contributed by atoms with Gasteiger partial charge in [-0.05, 0) is 32.2 Å². The number of likely N-dealkylation sites (tertiary alicyclic amines) is 1. The van der Waals surface area contributed by atoms with Crippen LogP contribution in [-0.4, -0.2) is 52.5 Å². The molecular formula is C22H27N3O4S. The summed E-state index contributed by atoms with van der Waals surface area (Å²) in [5.74, 6) is -2.15. The maximum Gasteiger partial charge on any atom is 0.246 e. The van der Waals surface area contributed by atoms with Crippen molar-refractivity contribution in [1.29, 1.82) is 0 Å². The lowest BCUT2D eigenvalue weighted by Gasteiger charge is -2.34. The minimum Gasteiger partial charge on any atom is -0.359 e. The van der Waals surface area contributed by atoms with Crippen LogP contribution < -0.4 is 10.6 Å². The predicted octanol–water partition coefficient (Wildman–Crippen LogP) is 1.62. The van der Waals surface area contributed by atoms with Crippen LogP contribution in [0.3, 0.4) is 0 Å². The van der Waals surface area contributed by atoms with Gasteiger partial charge in [0.1, 0.15) is 11.6 Å². The van der Waals surface area contributed by atoms with Crippen LogP contribution in [0.4, 0.5) is 0 Å². The van der Waals surface area contributed by atoms with E-state index in [1.54, 1.807) is 23.5 Å². The number of carbonyl (C=O) groups is 3. The molecule has 4 heterocycles. The number of amides is 3. The Morgan fingerprint density at radius 1 is 1.37 bits per heavy atom. The van der Waals surface area contributed by atoms with Gasteiger partial charge in [-0.15, -0.1) is 17.9 Å². The first-order valence-electron chi connectivity index (χ1n) is 10.1. The average Bonchev–Trinajstić information content (AvgIpc) is 3.41. The Morgan fingerprint density at radius 2 is 2.13 bits per heavy atom. The number of thiophene rings is 1. The molecule has 2 N–H and O–H groups in total. The van der Waals surface area contributed by atoms with Crippen LogP contribution in [0.15, 0.2) is 42.3 Å². The monoisotopic (exact) mass is 429 g/mol. The number of hydrogen-bond acceptors (Lipinski definition) is 5. The molecule has 0 unspecified atom stereocenters. The summed E-state index contributed by atoms with van der Waals surface area (Å²) in [6.45, 7) is 10.0. The molecule has 3 amide bonds. The van der Waals surface area contributed by atoms with E-state index in [4.69, 9.17) is 4.74 Å². The lowest BCUT2D eigenvalue weighted by molar-refractivity contribution is -0.141. The number of nitrogens with zero attached hydrogens (tertiary/aromatic N) is 1. The van der Waals surface area contributed by atoms with Crippen molar-refractivity contribution in [2.45, 2.75) is 50.6 Å². The molecule has 1 aromatic heterocycles. The van der Waals surface area contributed by atoms with Crippen LogP contribution in [0.5, 0.6) is 0 Å². The molecule has 0 saturated carbocycles. The molecule has 160 valence electrons. The highest BCUT2D eigenvalue weighted by Gasteiger charge is 2.72. The van der Waals surface area contributed by atoms with Gasteiger partial charge in [0.05, 0.1) is 24.5 Å². The molecule has 30 heavy (non-hydrogen) atoms.